The van der Waals surface area contributed by atoms with Crippen molar-refractivity contribution in [1.82, 2.24) is 14.9 Å². The number of hydrogen-bond acceptors (Lipinski definition) is 5. The number of anilines is 1. The Morgan fingerprint density at radius 2 is 1.79 bits per heavy atom. The van der Waals surface area contributed by atoms with Crippen LogP contribution in [-0.2, 0) is 13.1 Å². The van der Waals surface area contributed by atoms with Crippen LogP contribution in [0.15, 0.2) is 36.5 Å². The van der Waals surface area contributed by atoms with E-state index in [4.69, 9.17) is 4.74 Å². The van der Waals surface area contributed by atoms with Gasteiger partial charge in [-0.2, -0.15) is 4.98 Å². The number of aromatic nitrogens is 2. The van der Waals surface area contributed by atoms with Gasteiger partial charge in [0.25, 0.3) is 0 Å². The molecule has 128 valence electrons. The summed E-state index contributed by atoms with van der Waals surface area (Å²) in [4.78, 5) is 11.1. The summed E-state index contributed by atoms with van der Waals surface area (Å²) in [5, 5.41) is 3.30. The molecule has 1 aliphatic rings. The van der Waals surface area contributed by atoms with Crippen LogP contribution in [0.2, 0.25) is 0 Å². The molecule has 1 aliphatic heterocycles. The summed E-state index contributed by atoms with van der Waals surface area (Å²) in [5.41, 5.74) is 2.68. The Hall–Kier alpha value is -2.14. The van der Waals surface area contributed by atoms with Crippen LogP contribution in [0.25, 0.3) is 0 Å². The van der Waals surface area contributed by atoms with Crippen molar-refractivity contribution in [2.24, 2.45) is 0 Å². The third-order valence-electron chi connectivity index (χ3n) is 4.49. The van der Waals surface area contributed by atoms with Gasteiger partial charge >= 0.3 is 0 Å². The monoisotopic (exact) mass is 326 g/mol. The van der Waals surface area contributed by atoms with Crippen molar-refractivity contribution in [1.29, 1.82) is 0 Å². The minimum Gasteiger partial charge on any atom is -0.481 e. The van der Waals surface area contributed by atoms with Gasteiger partial charge < -0.3 is 10.1 Å². The number of methoxy groups -OCH3 is 1. The molecular weight excluding hydrogens is 300 g/mol. The summed E-state index contributed by atoms with van der Waals surface area (Å²) in [7, 11) is 1.61. The Morgan fingerprint density at radius 1 is 1.04 bits per heavy atom. The van der Waals surface area contributed by atoms with Crippen LogP contribution >= 0.6 is 0 Å². The molecule has 0 atom stereocenters. The molecule has 2 aromatic rings. The number of ether oxygens (including phenoxy) is 1. The van der Waals surface area contributed by atoms with Gasteiger partial charge in [0.1, 0.15) is 0 Å². The first-order valence-electron chi connectivity index (χ1n) is 8.75. The highest BCUT2D eigenvalue weighted by Gasteiger charge is 2.11. The van der Waals surface area contributed by atoms with Crippen molar-refractivity contribution in [2.45, 2.75) is 38.8 Å². The second-order valence-electron chi connectivity index (χ2n) is 6.24. The van der Waals surface area contributed by atoms with E-state index in [0.29, 0.717) is 11.8 Å². The maximum atomic E-state index is 5.15. The van der Waals surface area contributed by atoms with Crippen molar-refractivity contribution in [3.05, 3.63) is 47.7 Å². The van der Waals surface area contributed by atoms with Gasteiger partial charge in [-0.15, -0.1) is 0 Å². The molecule has 1 N–H and O–H groups in total. The number of benzene rings is 1. The zero-order valence-electron chi connectivity index (χ0n) is 14.4. The number of nitrogens with zero attached hydrogens (tertiary/aromatic N) is 3. The second kappa shape index (κ2) is 8.64. The number of rotatable bonds is 6. The molecule has 0 bridgehead atoms. The molecule has 0 amide bonds. The highest BCUT2D eigenvalue weighted by atomic mass is 16.5. The van der Waals surface area contributed by atoms with E-state index in [2.05, 4.69) is 44.5 Å². The number of likely N-dealkylation sites (tertiary alicyclic amines) is 1. The lowest BCUT2D eigenvalue weighted by molar-refractivity contribution is 0.276. The lowest BCUT2D eigenvalue weighted by Gasteiger charge is -2.21. The minimum absolute atomic E-state index is 0.574. The zero-order valence-corrected chi connectivity index (χ0v) is 14.4. The zero-order chi connectivity index (χ0) is 16.6. The largest absolute Gasteiger partial charge is 0.481 e. The first kappa shape index (κ1) is 16.7. The molecule has 2 heterocycles. The van der Waals surface area contributed by atoms with E-state index in [1.54, 1.807) is 19.4 Å². The fraction of sp³-hybridized carbons (Fsp3) is 0.474. The van der Waals surface area contributed by atoms with Gasteiger partial charge in [0.15, 0.2) is 0 Å². The summed E-state index contributed by atoms with van der Waals surface area (Å²) in [6, 6.07) is 10.4. The molecule has 0 unspecified atom stereocenters. The Kier molecular flexibility index (Phi) is 6.01. The molecule has 24 heavy (non-hydrogen) atoms. The van der Waals surface area contributed by atoms with E-state index in [0.717, 1.165) is 13.1 Å². The van der Waals surface area contributed by atoms with E-state index in [1.165, 1.54) is 49.9 Å². The molecule has 1 aromatic carbocycles. The predicted molar refractivity (Wildman–Crippen MR) is 96.1 cm³/mol. The second-order valence-corrected chi connectivity index (χ2v) is 6.24. The van der Waals surface area contributed by atoms with Gasteiger partial charge in [0, 0.05) is 25.4 Å². The summed E-state index contributed by atoms with van der Waals surface area (Å²) in [5.74, 6) is 1.17. The van der Waals surface area contributed by atoms with Crippen LogP contribution in [0.4, 0.5) is 5.95 Å². The van der Waals surface area contributed by atoms with Gasteiger partial charge in [0.05, 0.1) is 7.11 Å². The van der Waals surface area contributed by atoms with Crippen molar-refractivity contribution >= 4 is 5.95 Å². The number of hydrogen-bond donors (Lipinski definition) is 1. The van der Waals surface area contributed by atoms with Gasteiger partial charge in [-0.05, 0) is 37.1 Å². The molecule has 0 radical (unpaired) electrons. The van der Waals surface area contributed by atoms with Gasteiger partial charge in [-0.3, -0.25) is 4.90 Å². The Bertz CT molecular complexity index is 639. The fourth-order valence-electron chi connectivity index (χ4n) is 3.13. The van der Waals surface area contributed by atoms with E-state index < -0.39 is 0 Å². The van der Waals surface area contributed by atoms with Gasteiger partial charge in [0.2, 0.25) is 11.8 Å². The van der Waals surface area contributed by atoms with E-state index in [-0.39, 0.29) is 0 Å². The van der Waals surface area contributed by atoms with E-state index in [9.17, 15) is 0 Å². The quantitative estimate of drug-likeness (QED) is 0.881. The minimum atomic E-state index is 0.574. The van der Waals surface area contributed by atoms with Crippen molar-refractivity contribution < 1.29 is 4.74 Å². The fourth-order valence-corrected chi connectivity index (χ4v) is 3.13. The SMILES string of the molecule is COc1ccnc(NCc2ccccc2CN2CCCCCC2)n1. The Balaban J connectivity index is 1.64. The van der Waals surface area contributed by atoms with Crippen molar-refractivity contribution in [3.8, 4) is 5.88 Å². The first-order valence-corrected chi connectivity index (χ1v) is 8.75. The number of nitrogens with one attached hydrogen (secondary N) is 1. The van der Waals surface area contributed by atoms with Crippen LogP contribution < -0.4 is 10.1 Å². The summed E-state index contributed by atoms with van der Waals surface area (Å²) in [6.45, 7) is 4.16. The van der Waals surface area contributed by atoms with Gasteiger partial charge in [-0.25, -0.2) is 4.98 Å². The van der Waals surface area contributed by atoms with Gasteiger partial charge in [-0.1, -0.05) is 37.1 Å². The van der Waals surface area contributed by atoms with Crippen molar-refractivity contribution in [2.75, 3.05) is 25.5 Å². The molecule has 3 rings (SSSR count). The average molecular weight is 326 g/mol. The smallest absolute Gasteiger partial charge is 0.226 e. The highest BCUT2D eigenvalue weighted by molar-refractivity contribution is 5.33. The van der Waals surface area contributed by atoms with Crippen molar-refractivity contribution in [3.63, 3.8) is 0 Å². The molecule has 1 aromatic heterocycles. The third kappa shape index (κ3) is 4.68. The lowest BCUT2D eigenvalue weighted by atomic mass is 10.1. The Morgan fingerprint density at radius 3 is 2.54 bits per heavy atom. The normalized spacial score (nSPS) is 15.7. The summed E-state index contributed by atoms with van der Waals surface area (Å²) < 4.78 is 5.15. The topological polar surface area (TPSA) is 50.3 Å². The molecule has 5 nitrogen and oxygen atoms in total. The van der Waals surface area contributed by atoms with Crippen LogP contribution in [0, 0.1) is 0 Å². The molecule has 1 fully saturated rings. The first-order chi connectivity index (χ1) is 11.8. The molecule has 0 saturated carbocycles. The molecule has 0 aliphatic carbocycles. The van der Waals surface area contributed by atoms with E-state index in [1.807, 2.05) is 0 Å². The van der Waals surface area contributed by atoms with Crippen LogP contribution in [0.3, 0.4) is 0 Å². The molecule has 0 spiro atoms. The average Bonchev–Trinajstić information content (AvgIpc) is 2.90. The molecule has 5 heteroatoms. The predicted octanol–water partition coefficient (Wildman–Crippen LogP) is 3.47. The van der Waals surface area contributed by atoms with Crippen LogP contribution in [0.5, 0.6) is 5.88 Å². The standard InChI is InChI=1S/C19H26N4O/c1-24-18-10-11-20-19(22-18)21-14-16-8-4-5-9-17(16)15-23-12-6-2-3-7-13-23/h4-5,8-11H,2-3,6-7,12-15H2,1H3,(H,20,21,22). The highest BCUT2D eigenvalue weighted by Crippen LogP contribution is 2.17. The maximum absolute atomic E-state index is 5.15. The van der Waals surface area contributed by atoms with Crippen LogP contribution in [-0.4, -0.2) is 35.1 Å². The summed E-state index contributed by atoms with van der Waals surface area (Å²) >= 11 is 0. The summed E-state index contributed by atoms with van der Waals surface area (Å²) in [6.07, 6.45) is 7.08. The molecular formula is C19H26N4O. The van der Waals surface area contributed by atoms with E-state index >= 15 is 0 Å². The maximum Gasteiger partial charge on any atom is 0.226 e. The molecule has 1 saturated heterocycles. The Labute approximate surface area is 144 Å². The van der Waals surface area contributed by atoms with Crippen LogP contribution in [0.1, 0.15) is 36.8 Å². The third-order valence-corrected chi connectivity index (χ3v) is 4.49. The lowest BCUT2D eigenvalue weighted by Crippen LogP contribution is -2.24.